The number of nitrogens with one attached hydrogen (secondary N) is 1. The lowest BCUT2D eigenvalue weighted by Crippen LogP contribution is -2.34. The Hall–Kier alpha value is -2.41. The third-order valence-corrected chi connectivity index (χ3v) is 6.41. The summed E-state index contributed by atoms with van der Waals surface area (Å²) in [6, 6.07) is 21.0. The van der Waals surface area contributed by atoms with Crippen LogP contribution in [0, 0.1) is 0 Å². The largest absolute Gasteiger partial charge is 0.378 e. The van der Waals surface area contributed by atoms with Crippen molar-refractivity contribution in [3.8, 4) is 0 Å². The van der Waals surface area contributed by atoms with Gasteiger partial charge in [-0.15, -0.1) is 0 Å². The highest BCUT2D eigenvalue weighted by atomic mass is 32.2. The smallest absolute Gasteiger partial charge is 0.241 e. The Morgan fingerprint density at radius 1 is 0.857 bits per heavy atom. The lowest BCUT2D eigenvalue weighted by Gasteiger charge is -2.26. The van der Waals surface area contributed by atoms with Gasteiger partial charge in [-0.2, -0.15) is 0 Å². The Morgan fingerprint density at radius 2 is 1.50 bits per heavy atom. The Bertz CT molecular complexity index is 1040. The van der Waals surface area contributed by atoms with E-state index in [1.54, 1.807) is 12.1 Å². The number of likely N-dealkylation sites (N-methyl/N-ethyl adjacent to an activating group) is 1. The fraction of sp³-hybridized carbons (Fsp3) is 0.273. The molecule has 0 radical (unpaired) electrons. The molecule has 0 saturated carbocycles. The predicted octanol–water partition coefficient (Wildman–Crippen LogP) is 3.49. The molecule has 0 unspecified atom stereocenters. The molecule has 0 fully saturated rings. The van der Waals surface area contributed by atoms with Gasteiger partial charge in [-0.1, -0.05) is 48.5 Å². The van der Waals surface area contributed by atoms with Crippen molar-refractivity contribution in [2.24, 2.45) is 0 Å². The van der Waals surface area contributed by atoms with E-state index in [-0.39, 0.29) is 6.04 Å². The van der Waals surface area contributed by atoms with E-state index in [1.807, 2.05) is 92.6 Å². The number of benzene rings is 3. The average Bonchev–Trinajstić information content (AvgIpc) is 2.67. The third kappa shape index (κ3) is 4.35. The molecule has 0 aliphatic heterocycles. The molecule has 3 aromatic rings. The molecule has 0 heterocycles. The van der Waals surface area contributed by atoms with E-state index >= 15 is 0 Å². The summed E-state index contributed by atoms with van der Waals surface area (Å²) in [5.41, 5.74) is 2.17. The maximum Gasteiger partial charge on any atom is 0.241 e. The third-order valence-electron chi connectivity index (χ3n) is 4.92. The highest BCUT2D eigenvalue weighted by molar-refractivity contribution is 7.89. The Labute approximate surface area is 167 Å². The van der Waals surface area contributed by atoms with E-state index < -0.39 is 10.0 Å². The lowest BCUT2D eigenvalue weighted by atomic mass is 10.1. The van der Waals surface area contributed by atoms with E-state index in [9.17, 15) is 8.42 Å². The van der Waals surface area contributed by atoms with Crippen molar-refractivity contribution in [3.05, 3.63) is 72.3 Å². The number of anilines is 1. The van der Waals surface area contributed by atoms with Crippen molar-refractivity contribution in [1.29, 1.82) is 0 Å². The number of sulfonamides is 1. The first-order chi connectivity index (χ1) is 13.3. The Balaban J connectivity index is 1.84. The summed E-state index contributed by atoms with van der Waals surface area (Å²) in [6.45, 7) is 0.292. The van der Waals surface area contributed by atoms with Crippen LogP contribution in [0.15, 0.2) is 71.6 Å². The summed E-state index contributed by atoms with van der Waals surface area (Å²) in [7, 11) is 4.27. The summed E-state index contributed by atoms with van der Waals surface area (Å²) in [4.78, 5) is 4.37. The monoisotopic (exact) mass is 397 g/mol. The van der Waals surface area contributed by atoms with E-state index in [2.05, 4.69) is 4.72 Å². The minimum Gasteiger partial charge on any atom is -0.378 e. The van der Waals surface area contributed by atoms with Crippen LogP contribution in [0.5, 0.6) is 0 Å². The number of hydrogen-bond donors (Lipinski definition) is 1. The molecule has 0 aliphatic carbocycles. The van der Waals surface area contributed by atoms with Crippen molar-refractivity contribution in [1.82, 2.24) is 9.62 Å². The van der Waals surface area contributed by atoms with Crippen LogP contribution in [0.4, 0.5) is 5.69 Å². The maximum absolute atomic E-state index is 13.0. The molecule has 1 atom stereocenters. The van der Waals surface area contributed by atoms with Crippen LogP contribution in [-0.4, -0.2) is 48.1 Å². The Morgan fingerprint density at radius 3 is 2.14 bits per heavy atom. The van der Waals surface area contributed by atoms with Crippen LogP contribution in [0.25, 0.3) is 10.8 Å². The minimum atomic E-state index is -3.63. The van der Waals surface area contributed by atoms with Crippen LogP contribution in [-0.2, 0) is 10.0 Å². The van der Waals surface area contributed by atoms with Gasteiger partial charge in [0.1, 0.15) is 0 Å². The molecule has 28 heavy (non-hydrogen) atoms. The quantitative estimate of drug-likeness (QED) is 0.663. The zero-order valence-electron chi connectivity index (χ0n) is 16.8. The first kappa shape index (κ1) is 20.3. The second kappa shape index (κ2) is 8.31. The highest BCUT2D eigenvalue weighted by Crippen LogP contribution is 2.24. The van der Waals surface area contributed by atoms with Crippen molar-refractivity contribution in [3.63, 3.8) is 0 Å². The second-order valence-electron chi connectivity index (χ2n) is 7.29. The summed E-state index contributed by atoms with van der Waals surface area (Å²) in [5.74, 6) is 0. The van der Waals surface area contributed by atoms with Crippen LogP contribution >= 0.6 is 0 Å². The van der Waals surface area contributed by atoms with Gasteiger partial charge < -0.3 is 9.80 Å². The van der Waals surface area contributed by atoms with Gasteiger partial charge in [-0.25, -0.2) is 13.1 Å². The first-order valence-electron chi connectivity index (χ1n) is 9.21. The van der Waals surface area contributed by atoms with Crippen molar-refractivity contribution < 1.29 is 8.42 Å². The molecular weight excluding hydrogens is 370 g/mol. The number of rotatable bonds is 7. The highest BCUT2D eigenvalue weighted by Gasteiger charge is 2.21. The first-order valence-corrected chi connectivity index (χ1v) is 10.7. The summed E-state index contributed by atoms with van der Waals surface area (Å²) < 4.78 is 28.8. The SMILES string of the molecule is CN(C)c1ccc([C@@H](CNS(=O)(=O)c2cccc3ccccc23)N(C)C)cc1. The van der Waals surface area contributed by atoms with Gasteiger partial charge in [0.2, 0.25) is 10.0 Å². The zero-order valence-corrected chi connectivity index (χ0v) is 17.6. The molecule has 3 aromatic carbocycles. The lowest BCUT2D eigenvalue weighted by molar-refractivity contribution is 0.299. The fourth-order valence-electron chi connectivity index (χ4n) is 3.29. The summed E-state index contributed by atoms with van der Waals surface area (Å²) >= 11 is 0. The molecule has 3 rings (SSSR count). The second-order valence-corrected chi connectivity index (χ2v) is 9.03. The standard InChI is InChI=1S/C22H27N3O2S/c1-24(2)19-14-12-18(13-15-19)21(25(3)4)16-23-28(26,27)22-11-7-9-17-8-5-6-10-20(17)22/h5-15,21,23H,16H2,1-4H3/t21-/m1/s1. The van der Waals surface area contributed by atoms with Gasteiger partial charge in [0.25, 0.3) is 0 Å². The van der Waals surface area contributed by atoms with Gasteiger partial charge in [-0.05, 0) is 43.2 Å². The van der Waals surface area contributed by atoms with Crippen molar-refractivity contribution >= 4 is 26.5 Å². The summed E-state index contributed by atoms with van der Waals surface area (Å²) in [5, 5.41) is 1.64. The minimum absolute atomic E-state index is 0.0686. The van der Waals surface area contributed by atoms with Gasteiger partial charge in [0.15, 0.2) is 0 Å². The molecule has 0 aromatic heterocycles. The van der Waals surface area contributed by atoms with Crippen LogP contribution < -0.4 is 9.62 Å². The van der Waals surface area contributed by atoms with Crippen LogP contribution in [0.1, 0.15) is 11.6 Å². The predicted molar refractivity (Wildman–Crippen MR) is 116 cm³/mol. The molecule has 0 amide bonds. The van der Waals surface area contributed by atoms with Gasteiger partial charge in [0, 0.05) is 37.8 Å². The molecule has 1 N–H and O–H groups in total. The van der Waals surface area contributed by atoms with Crippen LogP contribution in [0.2, 0.25) is 0 Å². The molecule has 0 spiro atoms. The molecule has 6 heteroatoms. The van der Waals surface area contributed by atoms with E-state index in [4.69, 9.17) is 0 Å². The molecular formula is C22H27N3O2S. The normalized spacial score (nSPS) is 13.0. The number of nitrogens with zero attached hydrogens (tertiary/aromatic N) is 2. The average molecular weight is 398 g/mol. The van der Waals surface area contributed by atoms with Crippen molar-refractivity contribution in [2.45, 2.75) is 10.9 Å². The molecule has 0 aliphatic rings. The van der Waals surface area contributed by atoms with Crippen LogP contribution in [0.3, 0.4) is 0 Å². The zero-order chi connectivity index (χ0) is 20.3. The van der Waals surface area contributed by atoms with E-state index in [0.29, 0.717) is 11.4 Å². The van der Waals surface area contributed by atoms with E-state index in [1.165, 1.54) is 0 Å². The molecule has 5 nitrogen and oxygen atoms in total. The molecule has 148 valence electrons. The molecule has 0 bridgehead atoms. The Kier molecular flexibility index (Phi) is 6.03. The van der Waals surface area contributed by atoms with Gasteiger partial charge in [-0.3, -0.25) is 0 Å². The maximum atomic E-state index is 13.0. The van der Waals surface area contributed by atoms with Gasteiger partial charge in [0.05, 0.1) is 4.90 Å². The fourth-order valence-corrected chi connectivity index (χ4v) is 4.56. The van der Waals surface area contributed by atoms with Crippen molar-refractivity contribution in [2.75, 3.05) is 39.6 Å². The topological polar surface area (TPSA) is 52.7 Å². The molecule has 0 saturated heterocycles. The van der Waals surface area contributed by atoms with Gasteiger partial charge >= 0.3 is 0 Å². The van der Waals surface area contributed by atoms with E-state index in [0.717, 1.165) is 22.0 Å². The number of hydrogen-bond acceptors (Lipinski definition) is 4. The number of fused-ring (bicyclic) bond motifs is 1. The summed E-state index contributed by atoms with van der Waals surface area (Å²) in [6.07, 6.45) is 0.